The normalized spacial score (nSPS) is 20.5. The van der Waals surface area contributed by atoms with Gasteiger partial charge >= 0.3 is 0 Å². The number of ether oxygens (including phenoxy) is 1. The third-order valence-electron chi connectivity index (χ3n) is 2.48. The van der Waals surface area contributed by atoms with E-state index in [2.05, 4.69) is 5.32 Å². The first-order valence-corrected chi connectivity index (χ1v) is 6.03. The Bertz CT molecular complexity index is 342. The summed E-state index contributed by atoms with van der Waals surface area (Å²) in [4.78, 5) is 13.6. The molecule has 0 radical (unpaired) electrons. The standard InChI is InChI=1S/C11H15NO2S/c1-8-4-5-10(15-8)11(13)12-7-9-3-2-6-14-9/h4-5,9H,2-3,6-7H2,1H3,(H,12,13)/t9-/m1/s1. The Morgan fingerprint density at radius 1 is 1.67 bits per heavy atom. The lowest BCUT2D eigenvalue weighted by molar-refractivity contribution is 0.0861. The minimum absolute atomic E-state index is 0.0172. The molecule has 1 aromatic rings. The zero-order chi connectivity index (χ0) is 10.7. The molecule has 3 nitrogen and oxygen atoms in total. The van der Waals surface area contributed by atoms with Gasteiger partial charge in [0.25, 0.3) is 5.91 Å². The average Bonchev–Trinajstić information content (AvgIpc) is 2.84. The van der Waals surface area contributed by atoms with Gasteiger partial charge in [0.1, 0.15) is 0 Å². The Morgan fingerprint density at radius 2 is 2.53 bits per heavy atom. The van der Waals surface area contributed by atoms with Crippen LogP contribution in [-0.4, -0.2) is 25.2 Å². The fraction of sp³-hybridized carbons (Fsp3) is 0.545. The number of carbonyl (C=O) groups is 1. The van der Waals surface area contributed by atoms with Crippen LogP contribution >= 0.6 is 11.3 Å². The van der Waals surface area contributed by atoms with Gasteiger partial charge in [0.05, 0.1) is 11.0 Å². The summed E-state index contributed by atoms with van der Waals surface area (Å²) in [7, 11) is 0. The highest BCUT2D eigenvalue weighted by Crippen LogP contribution is 2.15. The molecular formula is C11H15NO2S. The summed E-state index contributed by atoms with van der Waals surface area (Å²) in [6, 6.07) is 3.83. The molecule has 1 amide bonds. The summed E-state index contributed by atoms with van der Waals surface area (Å²) in [5, 5.41) is 2.90. The molecule has 2 heterocycles. The molecule has 4 heteroatoms. The van der Waals surface area contributed by atoms with Crippen molar-refractivity contribution in [1.82, 2.24) is 5.32 Å². The van der Waals surface area contributed by atoms with Gasteiger partial charge in [-0.2, -0.15) is 0 Å². The van der Waals surface area contributed by atoms with Gasteiger partial charge in [-0.05, 0) is 31.9 Å². The van der Waals surface area contributed by atoms with E-state index in [4.69, 9.17) is 4.74 Å². The molecule has 1 aliphatic rings. The Labute approximate surface area is 93.4 Å². The average molecular weight is 225 g/mol. The molecule has 0 saturated carbocycles. The Balaban J connectivity index is 1.81. The summed E-state index contributed by atoms with van der Waals surface area (Å²) in [6.45, 7) is 3.47. The molecule has 1 aliphatic heterocycles. The third-order valence-corrected chi connectivity index (χ3v) is 3.48. The molecule has 1 aromatic heterocycles. The highest BCUT2D eigenvalue weighted by molar-refractivity contribution is 7.13. The zero-order valence-electron chi connectivity index (χ0n) is 8.79. The van der Waals surface area contributed by atoms with Gasteiger partial charge in [-0.25, -0.2) is 0 Å². The van der Waals surface area contributed by atoms with Crippen molar-refractivity contribution in [3.05, 3.63) is 21.9 Å². The van der Waals surface area contributed by atoms with Crippen LogP contribution in [0.25, 0.3) is 0 Å². The van der Waals surface area contributed by atoms with Crippen LogP contribution in [-0.2, 0) is 4.74 Å². The zero-order valence-corrected chi connectivity index (χ0v) is 9.60. The molecule has 1 fully saturated rings. The summed E-state index contributed by atoms with van der Waals surface area (Å²) in [5.74, 6) is 0.0172. The third kappa shape index (κ3) is 2.79. The van der Waals surface area contributed by atoms with Gasteiger partial charge in [-0.15, -0.1) is 11.3 Å². The lowest BCUT2D eigenvalue weighted by Crippen LogP contribution is -2.31. The number of thiophene rings is 1. The maximum Gasteiger partial charge on any atom is 0.261 e. The molecule has 0 bridgehead atoms. The maximum absolute atomic E-state index is 11.7. The number of hydrogen-bond acceptors (Lipinski definition) is 3. The lowest BCUT2D eigenvalue weighted by atomic mass is 10.2. The number of nitrogens with one attached hydrogen (secondary N) is 1. The van der Waals surface area contributed by atoms with Gasteiger partial charge in [-0.3, -0.25) is 4.79 Å². The number of amides is 1. The van der Waals surface area contributed by atoms with Crippen LogP contribution in [0.1, 0.15) is 27.4 Å². The van der Waals surface area contributed by atoms with E-state index in [1.165, 1.54) is 11.3 Å². The van der Waals surface area contributed by atoms with Crippen LogP contribution in [0, 0.1) is 6.92 Å². The highest BCUT2D eigenvalue weighted by Gasteiger charge is 2.16. The molecule has 1 atom stereocenters. The SMILES string of the molecule is Cc1ccc(C(=O)NC[C@H]2CCCO2)s1. The van der Waals surface area contributed by atoms with Crippen LogP contribution < -0.4 is 5.32 Å². The Kier molecular flexibility index (Phi) is 3.38. The number of hydrogen-bond donors (Lipinski definition) is 1. The lowest BCUT2D eigenvalue weighted by Gasteiger charge is -2.09. The predicted octanol–water partition coefficient (Wildman–Crippen LogP) is 1.97. The molecule has 0 aromatic carbocycles. The van der Waals surface area contributed by atoms with Gasteiger partial charge in [0, 0.05) is 18.0 Å². The van der Waals surface area contributed by atoms with E-state index in [0.29, 0.717) is 6.54 Å². The predicted molar refractivity (Wildman–Crippen MR) is 60.4 cm³/mol. The topological polar surface area (TPSA) is 38.3 Å². The molecule has 1 N–H and O–H groups in total. The number of aryl methyl sites for hydroxylation is 1. The molecule has 0 aliphatic carbocycles. The van der Waals surface area contributed by atoms with Crippen molar-refractivity contribution in [3.8, 4) is 0 Å². The van der Waals surface area contributed by atoms with Gasteiger partial charge in [0.15, 0.2) is 0 Å². The van der Waals surface area contributed by atoms with E-state index < -0.39 is 0 Å². The van der Waals surface area contributed by atoms with E-state index in [-0.39, 0.29) is 12.0 Å². The van der Waals surface area contributed by atoms with Crippen molar-refractivity contribution in [1.29, 1.82) is 0 Å². The monoisotopic (exact) mass is 225 g/mol. The van der Waals surface area contributed by atoms with Crippen LogP contribution in [0.4, 0.5) is 0 Å². The summed E-state index contributed by atoms with van der Waals surface area (Å²) < 4.78 is 5.43. The second-order valence-corrected chi connectivity index (χ2v) is 5.04. The molecule has 2 rings (SSSR count). The van der Waals surface area contributed by atoms with E-state index in [0.717, 1.165) is 29.2 Å². The molecule has 1 saturated heterocycles. The van der Waals surface area contributed by atoms with Gasteiger partial charge < -0.3 is 10.1 Å². The van der Waals surface area contributed by atoms with Crippen molar-refractivity contribution in [2.45, 2.75) is 25.9 Å². The Hall–Kier alpha value is -0.870. The first-order valence-electron chi connectivity index (χ1n) is 5.22. The first-order chi connectivity index (χ1) is 7.25. The van der Waals surface area contributed by atoms with Crippen LogP contribution in [0.2, 0.25) is 0 Å². The fourth-order valence-corrected chi connectivity index (χ4v) is 2.44. The Morgan fingerprint density at radius 3 is 3.13 bits per heavy atom. The van der Waals surface area contributed by atoms with E-state index in [1.807, 2.05) is 19.1 Å². The largest absolute Gasteiger partial charge is 0.376 e. The molecular weight excluding hydrogens is 210 g/mol. The minimum atomic E-state index is 0.0172. The van der Waals surface area contributed by atoms with Crippen molar-refractivity contribution < 1.29 is 9.53 Å². The van der Waals surface area contributed by atoms with Crippen molar-refractivity contribution >= 4 is 17.2 Å². The summed E-state index contributed by atoms with van der Waals surface area (Å²) >= 11 is 1.53. The summed E-state index contributed by atoms with van der Waals surface area (Å²) in [6.07, 6.45) is 2.39. The van der Waals surface area contributed by atoms with E-state index in [1.54, 1.807) is 0 Å². The van der Waals surface area contributed by atoms with Crippen molar-refractivity contribution in [2.75, 3.05) is 13.2 Å². The van der Waals surface area contributed by atoms with Gasteiger partial charge in [-0.1, -0.05) is 0 Å². The molecule has 82 valence electrons. The van der Waals surface area contributed by atoms with Gasteiger partial charge in [0.2, 0.25) is 0 Å². The quantitative estimate of drug-likeness (QED) is 0.854. The molecule has 0 spiro atoms. The number of carbonyl (C=O) groups excluding carboxylic acids is 1. The van der Waals surface area contributed by atoms with E-state index >= 15 is 0 Å². The fourth-order valence-electron chi connectivity index (χ4n) is 1.66. The maximum atomic E-state index is 11.7. The minimum Gasteiger partial charge on any atom is -0.376 e. The van der Waals surface area contributed by atoms with E-state index in [9.17, 15) is 4.79 Å². The first kappa shape index (κ1) is 10.6. The second-order valence-electron chi connectivity index (χ2n) is 3.76. The van der Waals surface area contributed by atoms with Crippen LogP contribution in [0.3, 0.4) is 0 Å². The smallest absolute Gasteiger partial charge is 0.261 e. The van der Waals surface area contributed by atoms with Crippen LogP contribution in [0.5, 0.6) is 0 Å². The summed E-state index contributed by atoms with van der Waals surface area (Å²) in [5.41, 5.74) is 0. The van der Waals surface area contributed by atoms with Crippen LogP contribution in [0.15, 0.2) is 12.1 Å². The number of rotatable bonds is 3. The second kappa shape index (κ2) is 4.77. The molecule has 15 heavy (non-hydrogen) atoms. The van der Waals surface area contributed by atoms with Crippen molar-refractivity contribution in [2.24, 2.45) is 0 Å². The highest BCUT2D eigenvalue weighted by atomic mass is 32.1. The molecule has 0 unspecified atom stereocenters. The van der Waals surface area contributed by atoms with Crippen molar-refractivity contribution in [3.63, 3.8) is 0 Å².